The summed E-state index contributed by atoms with van der Waals surface area (Å²) in [6.45, 7) is 1.58. The number of anilines is 4. The first kappa shape index (κ1) is 24.1. The molecule has 3 rings (SSSR count). The third-order valence-corrected chi connectivity index (χ3v) is 5.51. The van der Waals surface area contributed by atoms with Crippen molar-refractivity contribution in [2.75, 3.05) is 23.5 Å². The summed E-state index contributed by atoms with van der Waals surface area (Å²) < 4.78 is 44.7. The Balaban J connectivity index is 1.66. The number of thioether (sulfide) groups is 1. The van der Waals surface area contributed by atoms with Crippen LogP contribution in [0.15, 0.2) is 48.5 Å². The number of nitrogens with zero attached hydrogens (tertiary/aromatic N) is 3. The fourth-order valence-corrected chi connectivity index (χ4v) is 3.51. The summed E-state index contributed by atoms with van der Waals surface area (Å²) in [5.41, 5.74) is 5.20. The van der Waals surface area contributed by atoms with Gasteiger partial charge in [-0.15, -0.1) is 11.8 Å². The number of benzene rings is 2. The van der Waals surface area contributed by atoms with Crippen LogP contribution in [-0.4, -0.2) is 33.2 Å². The number of hydrogen-bond donors (Lipinski definition) is 3. The lowest BCUT2D eigenvalue weighted by atomic mass is 10.1. The first-order valence-corrected chi connectivity index (χ1v) is 10.7. The molecule has 2 aromatic carbocycles. The van der Waals surface area contributed by atoms with Gasteiger partial charge in [0.2, 0.25) is 17.8 Å². The highest BCUT2D eigenvalue weighted by molar-refractivity contribution is 7.99. The monoisotopic (exact) mass is 478 g/mol. The van der Waals surface area contributed by atoms with E-state index in [0.717, 1.165) is 17.8 Å². The van der Waals surface area contributed by atoms with E-state index < -0.39 is 22.9 Å². The molecule has 0 radical (unpaired) electrons. The number of ether oxygens (including phenoxy) is 1. The van der Waals surface area contributed by atoms with Crippen LogP contribution in [0.3, 0.4) is 0 Å². The highest BCUT2D eigenvalue weighted by atomic mass is 32.2. The van der Waals surface area contributed by atoms with Crippen LogP contribution in [0.5, 0.6) is 5.75 Å². The molecule has 0 saturated carbocycles. The van der Waals surface area contributed by atoms with Crippen LogP contribution in [0.1, 0.15) is 18.3 Å². The fourth-order valence-electron chi connectivity index (χ4n) is 2.78. The molecule has 1 heterocycles. The van der Waals surface area contributed by atoms with E-state index in [0.29, 0.717) is 17.3 Å². The average molecular weight is 479 g/mol. The lowest BCUT2D eigenvalue weighted by Crippen LogP contribution is -2.24. The number of aromatic nitrogens is 3. The number of carbonyl (C=O) groups excluding carboxylic acids is 1. The zero-order chi connectivity index (χ0) is 24.0. The molecule has 0 aliphatic carbocycles. The van der Waals surface area contributed by atoms with Crippen molar-refractivity contribution in [1.29, 1.82) is 0 Å². The summed E-state index contributed by atoms with van der Waals surface area (Å²) in [5, 5.41) is 4.66. The van der Waals surface area contributed by atoms with Gasteiger partial charge >= 0.3 is 6.18 Å². The highest BCUT2D eigenvalue weighted by Gasteiger charge is 2.33. The number of halogens is 3. The third-order valence-electron chi connectivity index (χ3n) is 4.37. The van der Waals surface area contributed by atoms with E-state index in [1.54, 1.807) is 19.1 Å². The molecule has 1 unspecified atom stereocenters. The minimum absolute atomic E-state index is 0.0193. The van der Waals surface area contributed by atoms with Gasteiger partial charge in [-0.05, 0) is 31.2 Å². The number of alkyl halides is 3. The Hall–Kier alpha value is -3.54. The molecule has 0 saturated heterocycles. The number of nitrogen functional groups attached to an aromatic ring is 1. The molecule has 1 aromatic heterocycles. The molecule has 12 heteroatoms. The molecule has 8 nitrogen and oxygen atoms in total. The standard InChI is InChI=1S/C21H21F3N6O2S/c1-12(18(31)26-14-8-4-3-7-13(14)21(22,23)24)33-11-17-28-19(25)30-20(29-17)27-15-9-5-6-10-16(15)32-2/h3-10,12H,11H2,1-2H3,(H,26,31)(H3,25,27,28,29,30). The summed E-state index contributed by atoms with van der Waals surface area (Å²) in [4.78, 5) is 24.9. The molecule has 0 aliphatic rings. The Morgan fingerprint density at radius 3 is 2.45 bits per heavy atom. The van der Waals surface area contributed by atoms with E-state index in [4.69, 9.17) is 10.5 Å². The number of nitrogens with two attached hydrogens (primary N) is 1. The summed E-state index contributed by atoms with van der Waals surface area (Å²) in [5.74, 6) is 0.666. The van der Waals surface area contributed by atoms with Crippen LogP contribution in [0, 0.1) is 0 Å². The van der Waals surface area contributed by atoms with E-state index in [1.807, 2.05) is 12.1 Å². The molecule has 174 valence electrons. The van der Waals surface area contributed by atoms with Crippen molar-refractivity contribution in [1.82, 2.24) is 15.0 Å². The summed E-state index contributed by atoms with van der Waals surface area (Å²) in [7, 11) is 1.53. The van der Waals surface area contributed by atoms with E-state index >= 15 is 0 Å². The molecule has 3 aromatic rings. The molecular formula is C21H21F3N6O2S. The Kier molecular flexibility index (Phi) is 7.59. The van der Waals surface area contributed by atoms with Crippen molar-refractivity contribution in [3.63, 3.8) is 0 Å². The minimum atomic E-state index is -4.58. The number of para-hydroxylation sites is 3. The van der Waals surface area contributed by atoms with Crippen molar-refractivity contribution >= 4 is 40.9 Å². The number of carbonyl (C=O) groups is 1. The smallest absolute Gasteiger partial charge is 0.418 e. The van der Waals surface area contributed by atoms with Crippen molar-refractivity contribution < 1.29 is 22.7 Å². The Morgan fingerprint density at radius 1 is 1.09 bits per heavy atom. The van der Waals surface area contributed by atoms with Crippen LogP contribution >= 0.6 is 11.8 Å². The van der Waals surface area contributed by atoms with Gasteiger partial charge < -0.3 is 21.1 Å². The number of hydrogen-bond acceptors (Lipinski definition) is 8. The molecule has 0 spiro atoms. The number of methoxy groups -OCH3 is 1. The van der Waals surface area contributed by atoms with Crippen LogP contribution in [0.2, 0.25) is 0 Å². The van der Waals surface area contributed by atoms with Gasteiger partial charge in [0.25, 0.3) is 0 Å². The average Bonchev–Trinajstić information content (AvgIpc) is 2.77. The van der Waals surface area contributed by atoms with Gasteiger partial charge in [0.1, 0.15) is 11.6 Å². The SMILES string of the molecule is COc1ccccc1Nc1nc(N)nc(CSC(C)C(=O)Nc2ccccc2C(F)(F)F)n1. The first-order chi connectivity index (χ1) is 15.7. The number of rotatable bonds is 8. The van der Waals surface area contributed by atoms with Crippen LogP contribution < -0.4 is 21.1 Å². The second kappa shape index (κ2) is 10.4. The number of amides is 1. The van der Waals surface area contributed by atoms with Gasteiger partial charge in [0.05, 0.1) is 35.1 Å². The highest BCUT2D eigenvalue weighted by Crippen LogP contribution is 2.35. The molecule has 0 aliphatic heterocycles. The minimum Gasteiger partial charge on any atom is -0.495 e. The van der Waals surface area contributed by atoms with Crippen molar-refractivity contribution in [2.24, 2.45) is 0 Å². The Labute approximate surface area is 192 Å². The van der Waals surface area contributed by atoms with E-state index in [-0.39, 0.29) is 23.3 Å². The Bertz CT molecular complexity index is 1130. The van der Waals surface area contributed by atoms with Crippen LogP contribution in [-0.2, 0) is 16.7 Å². The van der Waals surface area contributed by atoms with Gasteiger partial charge in [0, 0.05) is 0 Å². The van der Waals surface area contributed by atoms with Crippen molar-refractivity contribution in [3.05, 3.63) is 59.9 Å². The zero-order valence-electron chi connectivity index (χ0n) is 17.7. The fraction of sp³-hybridized carbons (Fsp3) is 0.238. The van der Waals surface area contributed by atoms with Crippen molar-refractivity contribution in [3.8, 4) is 5.75 Å². The first-order valence-electron chi connectivity index (χ1n) is 9.66. The van der Waals surface area contributed by atoms with Crippen LogP contribution in [0.25, 0.3) is 0 Å². The predicted octanol–water partition coefficient (Wildman–Crippen LogP) is 4.49. The summed E-state index contributed by atoms with van der Waals surface area (Å²) in [6, 6.07) is 12.0. The van der Waals surface area contributed by atoms with Gasteiger partial charge in [-0.3, -0.25) is 4.79 Å². The van der Waals surface area contributed by atoms with Crippen LogP contribution in [0.4, 0.5) is 36.4 Å². The second-order valence-electron chi connectivity index (χ2n) is 6.74. The molecule has 4 N–H and O–H groups in total. The largest absolute Gasteiger partial charge is 0.495 e. The van der Waals surface area contributed by atoms with E-state index in [9.17, 15) is 18.0 Å². The summed E-state index contributed by atoms with van der Waals surface area (Å²) >= 11 is 1.15. The van der Waals surface area contributed by atoms with Gasteiger partial charge in [-0.1, -0.05) is 24.3 Å². The lowest BCUT2D eigenvalue weighted by molar-refractivity contribution is -0.137. The molecule has 1 amide bonds. The molecule has 0 fully saturated rings. The van der Waals surface area contributed by atoms with Gasteiger partial charge in [-0.2, -0.15) is 28.1 Å². The predicted molar refractivity (Wildman–Crippen MR) is 121 cm³/mol. The molecule has 33 heavy (non-hydrogen) atoms. The summed E-state index contributed by atoms with van der Waals surface area (Å²) in [6.07, 6.45) is -4.58. The molecular weight excluding hydrogens is 457 g/mol. The van der Waals surface area contributed by atoms with E-state index in [2.05, 4.69) is 25.6 Å². The maximum atomic E-state index is 13.1. The third kappa shape index (κ3) is 6.48. The number of nitrogens with one attached hydrogen (secondary N) is 2. The van der Waals surface area contributed by atoms with Gasteiger partial charge in [0.15, 0.2) is 0 Å². The maximum Gasteiger partial charge on any atom is 0.418 e. The van der Waals surface area contributed by atoms with Crippen molar-refractivity contribution in [2.45, 2.75) is 24.1 Å². The van der Waals surface area contributed by atoms with E-state index in [1.165, 1.54) is 25.3 Å². The lowest BCUT2D eigenvalue weighted by Gasteiger charge is -2.16. The maximum absolute atomic E-state index is 13.1. The molecule has 1 atom stereocenters. The Morgan fingerprint density at radius 2 is 1.76 bits per heavy atom. The zero-order valence-corrected chi connectivity index (χ0v) is 18.5. The topological polar surface area (TPSA) is 115 Å². The second-order valence-corrected chi connectivity index (χ2v) is 8.07. The van der Waals surface area contributed by atoms with Gasteiger partial charge in [-0.25, -0.2) is 0 Å². The normalized spacial score (nSPS) is 12.2. The molecule has 0 bridgehead atoms. The quantitative estimate of drug-likeness (QED) is 0.434.